The molecule has 26 heavy (non-hydrogen) atoms. The van der Waals surface area contributed by atoms with Gasteiger partial charge in [-0.3, -0.25) is 0 Å². The zero-order chi connectivity index (χ0) is 18.8. The SMILES string of the molecule is Cc1c(C(=O)OCC(C)C)sc2ncnc(Nc3ccc(F)c(Cl)c3)c12. The average molecular weight is 394 g/mol. The molecule has 0 bridgehead atoms. The smallest absolute Gasteiger partial charge is 0.348 e. The van der Waals surface area contributed by atoms with Gasteiger partial charge in [0, 0.05) is 5.69 Å². The number of rotatable bonds is 5. The Hall–Kier alpha value is -2.25. The predicted molar refractivity (Wildman–Crippen MR) is 102 cm³/mol. The number of aromatic nitrogens is 2. The molecule has 5 nitrogen and oxygen atoms in total. The standard InChI is InChI=1S/C18H17ClFN3O2S/c1-9(2)7-25-18(24)15-10(3)14-16(21-8-22-17(14)26-15)23-11-4-5-13(20)12(19)6-11/h4-6,8-9H,7H2,1-3H3,(H,21,22,23). The van der Waals surface area contributed by atoms with Crippen LogP contribution in [-0.2, 0) is 4.74 Å². The van der Waals surface area contributed by atoms with Gasteiger partial charge >= 0.3 is 5.97 Å². The molecule has 0 unspecified atom stereocenters. The van der Waals surface area contributed by atoms with Gasteiger partial charge in [-0.2, -0.15) is 0 Å². The molecule has 3 rings (SSSR count). The number of fused-ring (bicyclic) bond motifs is 1. The third-order valence-electron chi connectivity index (χ3n) is 3.64. The number of benzene rings is 1. The number of nitrogens with one attached hydrogen (secondary N) is 1. The maximum absolute atomic E-state index is 13.3. The summed E-state index contributed by atoms with van der Waals surface area (Å²) in [7, 11) is 0. The highest BCUT2D eigenvalue weighted by molar-refractivity contribution is 7.20. The molecule has 0 aliphatic carbocycles. The first-order valence-corrected chi connectivity index (χ1v) is 9.19. The van der Waals surface area contributed by atoms with Gasteiger partial charge in [0.05, 0.1) is 17.0 Å². The third-order valence-corrected chi connectivity index (χ3v) is 5.11. The molecule has 0 saturated heterocycles. The summed E-state index contributed by atoms with van der Waals surface area (Å²) in [5, 5.41) is 3.86. The van der Waals surface area contributed by atoms with E-state index in [1.807, 2.05) is 20.8 Å². The number of carbonyl (C=O) groups is 1. The summed E-state index contributed by atoms with van der Waals surface area (Å²) < 4.78 is 18.7. The number of esters is 1. The van der Waals surface area contributed by atoms with Crippen molar-refractivity contribution in [2.75, 3.05) is 11.9 Å². The van der Waals surface area contributed by atoms with Crippen molar-refractivity contribution in [2.45, 2.75) is 20.8 Å². The van der Waals surface area contributed by atoms with E-state index in [2.05, 4.69) is 15.3 Å². The van der Waals surface area contributed by atoms with Gasteiger partial charge in [0.15, 0.2) is 0 Å². The monoisotopic (exact) mass is 393 g/mol. The van der Waals surface area contributed by atoms with Crippen LogP contribution in [0.25, 0.3) is 10.2 Å². The van der Waals surface area contributed by atoms with E-state index in [-0.39, 0.29) is 16.9 Å². The fourth-order valence-electron chi connectivity index (χ4n) is 2.38. The molecular weight excluding hydrogens is 377 g/mol. The van der Waals surface area contributed by atoms with Crippen molar-refractivity contribution < 1.29 is 13.9 Å². The lowest BCUT2D eigenvalue weighted by Gasteiger charge is -2.08. The second-order valence-electron chi connectivity index (χ2n) is 6.20. The topological polar surface area (TPSA) is 64.1 Å². The van der Waals surface area contributed by atoms with E-state index in [1.54, 1.807) is 6.07 Å². The lowest BCUT2D eigenvalue weighted by Crippen LogP contribution is -2.09. The molecular formula is C18H17ClFN3O2S. The van der Waals surface area contributed by atoms with Crippen molar-refractivity contribution in [1.29, 1.82) is 0 Å². The first-order chi connectivity index (χ1) is 12.4. The fourth-order valence-corrected chi connectivity index (χ4v) is 3.60. The van der Waals surface area contributed by atoms with Crippen LogP contribution in [0.4, 0.5) is 15.9 Å². The highest BCUT2D eigenvalue weighted by Gasteiger charge is 2.21. The van der Waals surface area contributed by atoms with Gasteiger partial charge in [-0.1, -0.05) is 25.4 Å². The van der Waals surface area contributed by atoms with Gasteiger partial charge < -0.3 is 10.1 Å². The number of thiophene rings is 1. The van der Waals surface area contributed by atoms with Crippen LogP contribution in [0.2, 0.25) is 5.02 Å². The van der Waals surface area contributed by atoms with Gasteiger partial charge in [0.25, 0.3) is 0 Å². The molecule has 0 aliphatic heterocycles. The second kappa shape index (κ2) is 7.55. The zero-order valence-electron chi connectivity index (χ0n) is 14.5. The van der Waals surface area contributed by atoms with Crippen molar-refractivity contribution in [2.24, 2.45) is 5.92 Å². The number of carbonyl (C=O) groups excluding carboxylic acids is 1. The highest BCUT2D eigenvalue weighted by Crippen LogP contribution is 2.35. The zero-order valence-corrected chi connectivity index (χ0v) is 16.0. The predicted octanol–water partition coefficient (Wildman–Crippen LogP) is 5.35. The van der Waals surface area contributed by atoms with Crippen LogP contribution in [0.3, 0.4) is 0 Å². The van der Waals surface area contributed by atoms with Gasteiger partial charge in [-0.05, 0) is 36.6 Å². The molecule has 0 radical (unpaired) electrons. The Morgan fingerprint density at radius 1 is 1.38 bits per heavy atom. The van der Waals surface area contributed by atoms with Crippen LogP contribution >= 0.6 is 22.9 Å². The number of aryl methyl sites for hydroxylation is 1. The number of anilines is 2. The second-order valence-corrected chi connectivity index (χ2v) is 7.61. The minimum atomic E-state index is -0.494. The van der Waals surface area contributed by atoms with Crippen molar-refractivity contribution >= 4 is 50.6 Å². The lowest BCUT2D eigenvalue weighted by molar-refractivity contribution is 0.0464. The maximum atomic E-state index is 13.3. The Morgan fingerprint density at radius 3 is 2.85 bits per heavy atom. The van der Waals surface area contributed by atoms with E-state index >= 15 is 0 Å². The van der Waals surface area contributed by atoms with E-state index in [9.17, 15) is 9.18 Å². The molecule has 1 N–H and O–H groups in total. The van der Waals surface area contributed by atoms with E-state index in [0.717, 1.165) is 10.9 Å². The van der Waals surface area contributed by atoms with Crippen LogP contribution in [0.15, 0.2) is 24.5 Å². The lowest BCUT2D eigenvalue weighted by atomic mass is 10.2. The molecule has 1 aromatic carbocycles. The summed E-state index contributed by atoms with van der Waals surface area (Å²) in [6, 6.07) is 4.32. The summed E-state index contributed by atoms with van der Waals surface area (Å²) in [5.74, 6) is -0.0786. The Morgan fingerprint density at radius 2 is 2.15 bits per heavy atom. The van der Waals surface area contributed by atoms with Crippen molar-refractivity contribution in [3.05, 3.63) is 45.8 Å². The molecule has 2 aromatic heterocycles. The number of hydrogen-bond acceptors (Lipinski definition) is 6. The molecule has 0 atom stereocenters. The molecule has 2 heterocycles. The number of hydrogen-bond donors (Lipinski definition) is 1. The molecule has 0 fully saturated rings. The van der Waals surface area contributed by atoms with Gasteiger partial charge in [-0.15, -0.1) is 11.3 Å². The van der Waals surface area contributed by atoms with Crippen molar-refractivity contribution in [3.63, 3.8) is 0 Å². The van der Waals surface area contributed by atoms with Crippen molar-refractivity contribution in [1.82, 2.24) is 9.97 Å². The van der Waals surface area contributed by atoms with E-state index in [1.165, 1.54) is 29.8 Å². The molecule has 0 amide bonds. The third kappa shape index (κ3) is 3.78. The minimum Gasteiger partial charge on any atom is -0.461 e. The van der Waals surface area contributed by atoms with E-state index in [0.29, 0.717) is 27.8 Å². The quantitative estimate of drug-likeness (QED) is 0.592. The molecule has 3 aromatic rings. The molecule has 136 valence electrons. The maximum Gasteiger partial charge on any atom is 0.348 e. The van der Waals surface area contributed by atoms with E-state index < -0.39 is 5.82 Å². The number of ether oxygens (including phenoxy) is 1. The van der Waals surface area contributed by atoms with Gasteiger partial charge in [-0.25, -0.2) is 19.2 Å². The van der Waals surface area contributed by atoms with Crippen LogP contribution in [-0.4, -0.2) is 22.5 Å². The van der Waals surface area contributed by atoms with E-state index in [4.69, 9.17) is 16.3 Å². The summed E-state index contributed by atoms with van der Waals surface area (Å²) in [4.78, 5) is 22.0. The summed E-state index contributed by atoms with van der Waals surface area (Å²) in [6.07, 6.45) is 1.41. The summed E-state index contributed by atoms with van der Waals surface area (Å²) >= 11 is 7.09. The minimum absolute atomic E-state index is 0.0142. The fraction of sp³-hybridized carbons (Fsp3) is 0.278. The molecule has 0 aliphatic rings. The summed E-state index contributed by atoms with van der Waals surface area (Å²) in [5.41, 5.74) is 1.33. The Kier molecular flexibility index (Phi) is 5.38. The Balaban J connectivity index is 1.96. The first kappa shape index (κ1) is 18.5. The summed E-state index contributed by atoms with van der Waals surface area (Å²) in [6.45, 7) is 6.15. The van der Waals surface area contributed by atoms with Gasteiger partial charge in [0.1, 0.15) is 27.7 Å². The normalized spacial score (nSPS) is 11.2. The number of nitrogens with zero attached hydrogens (tertiary/aromatic N) is 2. The van der Waals surface area contributed by atoms with Crippen LogP contribution in [0.1, 0.15) is 29.1 Å². The first-order valence-electron chi connectivity index (χ1n) is 8.00. The highest BCUT2D eigenvalue weighted by atomic mass is 35.5. The van der Waals surface area contributed by atoms with Gasteiger partial charge in [0.2, 0.25) is 0 Å². The largest absolute Gasteiger partial charge is 0.461 e. The Labute approximate surface area is 159 Å². The molecule has 0 saturated carbocycles. The number of halogens is 2. The Bertz CT molecular complexity index is 974. The average Bonchev–Trinajstić information content (AvgIpc) is 2.94. The van der Waals surface area contributed by atoms with Crippen molar-refractivity contribution in [3.8, 4) is 0 Å². The molecule has 0 spiro atoms. The molecule has 8 heteroatoms. The van der Waals surface area contributed by atoms with Crippen LogP contribution < -0.4 is 5.32 Å². The van der Waals surface area contributed by atoms with Crippen LogP contribution in [0, 0.1) is 18.7 Å². The van der Waals surface area contributed by atoms with Crippen LogP contribution in [0.5, 0.6) is 0 Å².